The van der Waals surface area contributed by atoms with Crippen molar-refractivity contribution in [3.05, 3.63) is 18.0 Å². The van der Waals surface area contributed by atoms with Crippen LogP contribution >= 0.6 is 0 Å². The lowest BCUT2D eigenvalue weighted by molar-refractivity contribution is 0.328. The number of pyridine rings is 1. The van der Waals surface area contributed by atoms with E-state index in [1.165, 1.54) is 12.8 Å². The molecule has 0 radical (unpaired) electrons. The molecule has 1 unspecified atom stereocenters. The number of hydrogen-bond acceptors (Lipinski definition) is 4. The Bertz CT molecular complexity index is 571. The lowest BCUT2D eigenvalue weighted by atomic mass is 9.97. The van der Waals surface area contributed by atoms with Crippen LogP contribution in [0.2, 0.25) is 0 Å². The molecule has 2 aromatic rings. The first-order valence-electron chi connectivity index (χ1n) is 6.40. The van der Waals surface area contributed by atoms with Gasteiger partial charge in [-0.2, -0.15) is 4.98 Å². The summed E-state index contributed by atoms with van der Waals surface area (Å²) in [7, 11) is 0. The zero-order valence-corrected chi connectivity index (χ0v) is 10.7. The number of aromatic nitrogens is 3. The Kier molecular flexibility index (Phi) is 2.52. The SMILES string of the molecule is CCOc1ccc2[nH]c(C(C)(N)C3CC3)nc2n1. The van der Waals surface area contributed by atoms with Gasteiger partial charge in [0.25, 0.3) is 0 Å². The zero-order valence-electron chi connectivity index (χ0n) is 10.7. The third-order valence-electron chi connectivity index (χ3n) is 3.55. The molecule has 2 aromatic heterocycles. The predicted octanol–water partition coefficient (Wildman–Crippen LogP) is 1.94. The summed E-state index contributed by atoms with van der Waals surface area (Å²) in [5, 5.41) is 0. The highest BCUT2D eigenvalue weighted by Gasteiger charge is 2.41. The monoisotopic (exact) mass is 246 g/mol. The number of ether oxygens (including phenoxy) is 1. The molecule has 5 heteroatoms. The van der Waals surface area contributed by atoms with Crippen LogP contribution in [0.4, 0.5) is 0 Å². The van der Waals surface area contributed by atoms with E-state index in [9.17, 15) is 0 Å². The Morgan fingerprint density at radius 2 is 2.22 bits per heavy atom. The molecule has 1 aliphatic carbocycles. The number of fused-ring (bicyclic) bond motifs is 1. The number of imidazole rings is 1. The van der Waals surface area contributed by atoms with E-state index in [1.807, 2.05) is 26.0 Å². The fourth-order valence-electron chi connectivity index (χ4n) is 2.23. The maximum Gasteiger partial charge on any atom is 0.215 e. The summed E-state index contributed by atoms with van der Waals surface area (Å²) in [6.07, 6.45) is 2.36. The molecule has 1 fully saturated rings. The van der Waals surface area contributed by atoms with Gasteiger partial charge < -0.3 is 15.5 Å². The first-order valence-corrected chi connectivity index (χ1v) is 6.40. The molecule has 1 atom stereocenters. The number of H-pyrrole nitrogens is 1. The number of aromatic amines is 1. The molecule has 0 aromatic carbocycles. The van der Waals surface area contributed by atoms with E-state index in [2.05, 4.69) is 15.0 Å². The second-order valence-electron chi connectivity index (χ2n) is 5.10. The van der Waals surface area contributed by atoms with Gasteiger partial charge in [-0.3, -0.25) is 0 Å². The van der Waals surface area contributed by atoms with Gasteiger partial charge in [-0.15, -0.1) is 0 Å². The minimum atomic E-state index is -0.382. The highest BCUT2D eigenvalue weighted by Crippen LogP contribution is 2.43. The summed E-state index contributed by atoms with van der Waals surface area (Å²) < 4.78 is 5.37. The predicted molar refractivity (Wildman–Crippen MR) is 69.3 cm³/mol. The average molecular weight is 246 g/mol. The van der Waals surface area contributed by atoms with Crippen LogP contribution in [0.15, 0.2) is 12.1 Å². The molecule has 0 amide bonds. The normalized spacial score (nSPS) is 18.8. The summed E-state index contributed by atoms with van der Waals surface area (Å²) in [4.78, 5) is 12.1. The minimum absolute atomic E-state index is 0.382. The van der Waals surface area contributed by atoms with Crippen LogP contribution in [0.3, 0.4) is 0 Å². The number of nitrogens with zero attached hydrogens (tertiary/aromatic N) is 2. The van der Waals surface area contributed by atoms with E-state index in [0.29, 0.717) is 24.1 Å². The Labute approximate surface area is 106 Å². The third-order valence-corrected chi connectivity index (χ3v) is 3.55. The maximum absolute atomic E-state index is 6.35. The van der Waals surface area contributed by atoms with Crippen molar-refractivity contribution >= 4 is 11.2 Å². The second kappa shape index (κ2) is 3.95. The fourth-order valence-corrected chi connectivity index (χ4v) is 2.23. The molecule has 0 saturated heterocycles. The van der Waals surface area contributed by atoms with E-state index in [1.54, 1.807) is 0 Å². The van der Waals surface area contributed by atoms with Crippen molar-refractivity contribution in [2.24, 2.45) is 11.7 Å². The second-order valence-corrected chi connectivity index (χ2v) is 5.10. The van der Waals surface area contributed by atoms with Crippen molar-refractivity contribution in [1.29, 1.82) is 0 Å². The minimum Gasteiger partial charge on any atom is -0.478 e. The van der Waals surface area contributed by atoms with Gasteiger partial charge >= 0.3 is 0 Å². The van der Waals surface area contributed by atoms with Gasteiger partial charge in [0, 0.05) is 6.07 Å². The van der Waals surface area contributed by atoms with Crippen molar-refractivity contribution in [1.82, 2.24) is 15.0 Å². The summed E-state index contributed by atoms with van der Waals surface area (Å²) in [5.41, 5.74) is 7.55. The van der Waals surface area contributed by atoms with Gasteiger partial charge in [0.05, 0.1) is 17.7 Å². The van der Waals surface area contributed by atoms with Crippen LogP contribution in [-0.2, 0) is 5.54 Å². The highest BCUT2D eigenvalue weighted by molar-refractivity contribution is 5.71. The number of nitrogens with two attached hydrogens (primary N) is 1. The fraction of sp³-hybridized carbons (Fsp3) is 0.538. The first-order chi connectivity index (χ1) is 8.61. The Hall–Kier alpha value is -1.62. The molecule has 0 bridgehead atoms. The van der Waals surface area contributed by atoms with Gasteiger partial charge in [-0.25, -0.2) is 4.98 Å². The van der Waals surface area contributed by atoms with Gasteiger partial charge in [-0.05, 0) is 38.7 Å². The standard InChI is InChI=1S/C13H18N4O/c1-3-18-10-7-6-9-11(16-10)17-12(15-9)13(2,14)8-4-5-8/h6-8H,3-5,14H2,1-2H3,(H,15,16,17). The molecule has 0 spiro atoms. The Balaban J connectivity index is 2.00. The molecule has 96 valence electrons. The van der Waals surface area contributed by atoms with Crippen LogP contribution in [0.1, 0.15) is 32.5 Å². The summed E-state index contributed by atoms with van der Waals surface area (Å²) >= 11 is 0. The van der Waals surface area contributed by atoms with E-state index in [4.69, 9.17) is 10.5 Å². The number of nitrogens with one attached hydrogen (secondary N) is 1. The summed E-state index contributed by atoms with van der Waals surface area (Å²) in [6.45, 7) is 4.57. The van der Waals surface area contributed by atoms with Crippen molar-refractivity contribution in [2.75, 3.05) is 6.61 Å². The van der Waals surface area contributed by atoms with Gasteiger partial charge in [0.1, 0.15) is 5.82 Å². The molecule has 1 aliphatic rings. The van der Waals surface area contributed by atoms with Gasteiger partial charge in [0.15, 0.2) is 5.65 Å². The van der Waals surface area contributed by atoms with Crippen LogP contribution in [0.5, 0.6) is 5.88 Å². The molecule has 2 heterocycles. The van der Waals surface area contributed by atoms with Crippen LogP contribution in [0.25, 0.3) is 11.2 Å². The first kappa shape index (κ1) is 11.5. The van der Waals surface area contributed by atoms with Crippen molar-refractivity contribution in [3.63, 3.8) is 0 Å². The maximum atomic E-state index is 6.35. The third kappa shape index (κ3) is 1.84. The van der Waals surface area contributed by atoms with E-state index < -0.39 is 0 Å². The molecule has 3 N–H and O–H groups in total. The summed E-state index contributed by atoms with van der Waals surface area (Å²) in [6, 6.07) is 3.78. The molecule has 5 nitrogen and oxygen atoms in total. The topological polar surface area (TPSA) is 76.8 Å². The average Bonchev–Trinajstić information content (AvgIpc) is 3.10. The molecular formula is C13H18N4O. The molecular weight excluding hydrogens is 228 g/mol. The zero-order chi connectivity index (χ0) is 12.8. The Morgan fingerprint density at radius 3 is 2.89 bits per heavy atom. The van der Waals surface area contributed by atoms with Crippen molar-refractivity contribution in [3.8, 4) is 5.88 Å². The van der Waals surface area contributed by atoms with Crippen LogP contribution in [-0.4, -0.2) is 21.6 Å². The van der Waals surface area contributed by atoms with E-state index in [0.717, 1.165) is 11.3 Å². The number of rotatable bonds is 4. The van der Waals surface area contributed by atoms with E-state index >= 15 is 0 Å². The highest BCUT2D eigenvalue weighted by atomic mass is 16.5. The largest absolute Gasteiger partial charge is 0.478 e. The number of hydrogen-bond donors (Lipinski definition) is 2. The van der Waals surface area contributed by atoms with Crippen molar-refractivity contribution in [2.45, 2.75) is 32.2 Å². The molecule has 18 heavy (non-hydrogen) atoms. The van der Waals surface area contributed by atoms with Crippen LogP contribution in [0, 0.1) is 5.92 Å². The smallest absolute Gasteiger partial charge is 0.215 e. The lowest BCUT2D eigenvalue weighted by Gasteiger charge is -2.20. The molecule has 1 saturated carbocycles. The van der Waals surface area contributed by atoms with Gasteiger partial charge in [-0.1, -0.05) is 0 Å². The molecule has 0 aliphatic heterocycles. The van der Waals surface area contributed by atoms with E-state index in [-0.39, 0.29) is 5.54 Å². The quantitative estimate of drug-likeness (QED) is 0.864. The van der Waals surface area contributed by atoms with Crippen molar-refractivity contribution < 1.29 is 4.74 Å². The summed E-state index contributed by atoms with van der Waals surface area (Å²) in [5.74, 6) is 1.96. The van der Waals surface area contributed by atoms with Gasteiger partial charge in [0.2, 0.25) is 5.88 Å². The Morgan fingerprint density at radius 1 is 1.44 bits per heavy atom. The lowest BCUT2D eigenvalue weighted by Crippen LogP contribution is -2.36. The van der Waals surface area contributed by atoms with Crippen LogP contribution < -0.4 is 10.5 Å². The molecule has 3 rings (SSSR count).